The van der Waals surface area contributed by atoms with Crippen molar-refractivity contribution in [2.75, 3.05) is 13.1 Å². The number of esters is 1. The molecule has 1 aromatic carbocycles. The van der Waals surface area contributed by atoms with E-state index in [-0.39, 0.29) is 56.4 Å². The summed E-state index contributed by atoms with van der Waals surface area (Å²) in [6, 6.07) is 8.16. The van der Waals surface area contributed by atoms with Gasteiger partial charge in [0.15, 0.2) is 5.78 Å². The molecule has 0 aliphatic heterocycles. The monoisotopic (exact) mass is 759 g/mol. The normalized spacial score (nSPS) is 44.3. The van der Waals surface area contributed by atoms with E-state index in [4.69, 9.17) is 16.3 Å². The summed E-state index contributed by atoms with van der Waals surface area (Å²) in [4.78, 5) is 39.5. The van der Waals surface area contributed by atoms with Crippen LogP contribution >= 0.6 is 11.6 Å². The number of aliphatic carboxylic acids is 1. The predicted octanol–water partition coefficient (Wildman–Crippen LogP) is 10.3. The van der Waals surface area contributed by atoms with Gasteiger partial charge in [-0.05, 0) is 158 Å². The Kier molecular flexibility index (Phi) is 9.07. The second-order valence-electron chi connectivity index (χ2n) is 21.3. The van der Waals surface area contributed by atoms with Crippen LogP contribution in [-0.4, -0.2) is 42.0 Å². The first-order valence-corrected chi connectivity index (χ1v) is 21.8. The average molecular weight is 760 g/mol. The molecule has 296 valence electrons. The number of allylic oxidation sites excluding steroid dienone is 2. The summed E-state index contributed by atoms with van der Waals surface area (Å²) in [5.41, 5.74) is 4.08. The lowest BCUT2D eigenvalue weighted by Crippen LogP contribution is -2.64. The Morgan fingerprint density at radius 1 is 0.870 bits per heavy atom. The molecular formula is C47H66ClNO5. The standard InChI is InChI=1S/C47H66ClNO5/c1-28(2)37-34(50)26-46(22-24-49-23-16-29-9-11-30(48)12-10-29)20-18-42(5)31(38(37)46)13-14-35-43(42,6)19-21-47-27-45(47,8)36(15-17-44(35,47)7)54-40(53)33-25-32(39(51)52)41(33,3)4/h9-12,28,31-33,35-36,49H,13-27H2,1-8H3,(H,51,52)/t31?,32-,33?,35-,36-,42+,43+,44+,45+,46+,47-/m0/s1. The van der Waals surface area contributed by atoms with Gasteiger partial charge in [0.25, 0.3) is 0 Å². The highest BCUT2D eigenvalue weighted by molar-refractivity contribution is 6.30. The van der Waals surface area contributed by atoms with Crippen molar-refractivity contribution in [1.82, 2.24) is 5.32 Å². The van der Waals surface area contributed by atoms with Gasteiger partial charge in [-0.3, -0.25) is 14.4 Å². The van der Waals surface area contributed by atoms with Crippen LogP contribution in [-0.2, 0) is 25.5 Å². The van der Waals surface area contributed by atoms with Gasteiger partial charge in [0.1, 0.15) is 6.10 Å². The molecule has 1 spiro atoms. The van der Waals surface area contributed by atoms with E-state index >= 15 is 0 Å². The van der Waals surface area contributed by atoms with Crippen LogP contribution in [0.15, 0.2) is 35.4 Å². The number of ether oxygens (including phenoxy) is 1. The zero-order valence-electron chi connectivity index (χ0n) is 34.3. The Hall–Kier alpha value is -2.18. The molecule has 0 bridgehead atoms. The van der Waals surface area contributed by atoms with Gasteiger partial charge in [-0.25, -0.2) is 0 Å². The van der Waals surface area contributed by atoms with Crippen molar-refractivity contribution in [1.29, 1.82) is 0 Å². The highest BCUT2D eigenvalue weighted by atomic mass is 35.5. The van der Waals surface area contributed by atoms with Crippen LogP contribution < -0.4 is 5.32 Å². The Morgan fingerprint density at radius 2 is 1.57 bits per heavy atom. The van der Waals surface area contributed by atoms with Crippen molar-refractivity contribution in [2.45, 2.75) is 145 Å². The topological polar surface area (TPSA) is 92.7 Å². The molecule has 1 aromatic rings. The molecule has 6 fully saturated rings. The van der Waals surface area contributed by atoms with Crippen molar-refractivity contribution in [3.63, 3.8) is 0 Å². The largest absolute Gasteiger partial charge is 0.481 e. The van der Waals surface area contributed by atoms with Crippen molar-refractivity contribution in [3.8, 4) is 0 Å². The van der Waals surface area contributed by atoms with Crippen LogP contribution in [0.5, 0.6) is 0 Å². The second-order valence-corrected chi connectivity index (χ2v) is 21.8. The summed E-state index contributed by atoms with van der Waals surface area (Å²) < 4.78 is 6.47. The first-order valence-electron chi connectivity index (χ1n) is 21.5. The minimum absolute atomic E-state index is 0.0202. The van der Waals surface area contributed by atoms with E-state index in [1.54, 1.807) is 5.57 Å². The molecule has 0 aromatic heterocycles. The molecule has 0 heterocycles. The number of carboxylic acid groups (broad SMARTS) is 1. The fraction of sp³-hybridized carbons (Fsp3) is 0.766. The number of ketones is 1. The van der Waals surface area contributed by atoms with Crippen molar-refractivity contribution in [2.24, 2.45) is 67.5 Å². The SMILES string of the molecule is CC(C)C1=C2C3CC[C@@H]4[C@@]5(C)CC[C@H](OC(=O)C6C[C@@H](C(=O)O)C6(C)C)[C@@]6(C)C[C@]65CC[C@@]4(C)[C@]3(C)CC[C@@]2(CCNCCc2ccc(Cl)cc2)CC1=O. The molecule has 0 amide bonds. The summed E-state index contributed by atoms with van der Waals surface area (Å²) >= 11 is 6.11. The van der Waals surface area contributed by atoms with Gasteiger partial charge < -0.3 is 15.2 Å². The van der Waals surface area contributed by atoms with E-state index in [9.17, 15) is 19.5 Å². The third-order valence-electron chi connectivity index (χ3n) is 18.9. The first-order chi connectivity index (χ1) is 25.3. The number of benzene rings is 1. The summed E-state index contributed by atoms with van der Waals surface area (Å²) in [6.07, 6.45) is 13.1. The molecule has 7 aliphatic carbocycles. The molecule has 0 radical (unpaired) electrons. The Balaban J connectivity index is 1.00. The average Bonchev–Trinajstić information content (AvgIpc) is 3.63. The number of hydrogen-bond donors (Lipinski definition) is 2. The number of halogens is 1. The molecule has 7 aliphatic rings. The number of rotatable bonds is 10. The van der Waals surface area contributed by atoms with Crippen molar-refractivity contribution in [3.05, 3.63) is 46.0 Å². The molecule has 7 heteroatoms. The van der Waals surface area contributed by atoms with E-state index in [0.717, 1.165) is 56.6 Å². The predicted molar refractivity (Wildman–Crippen MR) is 213 cm³/mol. The summed E-state index contributed by atoms with van der Waals surface area (Å²) in [6.45, 7) is 20.5. The fourth-order valence-corrected chi connectivity index (χ4v) is 15.5. The number of nitrogens with one attached hydrogen (secondary N) is 1. The summed E-state index contributed by atoms with van der Waals surface area (Å²) in [5.74, 6) is -0.0962. The number of carboxylic acids is 1. The zero-order chi connectivity index (χ0) is 38.9. The first kappa shape index (κ1) is 38.7. The number of Topliss-reactive ketones (excluding diaryl/α,β-unsaturated/α-hetero) is 1. The minimum Gasteiger partial charge on any atom is -0.481 e. The molecule has 11 atom stereocenters. The van der Waals surface area contributed by atoms with Crippen LogP contribution in [0.25, 0.3) is 0 Å². The fourth-order valence-electron chi connectivity index (χ4n) is 15.3. The smallest absolute Gasteiger partial charge is 0.309 e. The van der Waals surface area contributed by atoms with E-state index in [1.807, 2.05) is 26.0 Å². The molecule has 6 saturated carbocycles. The molecule has 8 rings (SSSR count). The van der Waals surface area contributed by atoms with Gasteiger partial charge in [0, 0.05) is 22.3 Å². The van der Waals surface area contributed by atoms with Gasteiger partial charge in [0.05, 0.1) is 11.8 Å². The van der Waals surface area contributed by atoms with E-state index in [2.05, 4.69) is 59.0 Å². The number of carbonyl (C=O) groups excluding carboxylic acids is 2. The van der Waals surface area contributed by atoms with E-state index in [1.165, 1.54) is 43.2 Å². The van der Waals surface area contributed by atoms with Crippen molar-refractivity contribution >= 4 is 29.3 Å². The molecule has 6 nitrogen and oxygen atoms in total. The van der Waals surface area contributed by atoms with Gasteiger partial charge in [-0.2, -0.15) is 0 Å². The lowest BCUT2D eigenvalue weighted by atomic mass is 9.33. The molecule has 2 unspecified atom stereocenters. The lowest BCUT2D eigenvalue weighted by molar-refractivity contribution is -0.221. The maximum absolute atomic E-state index is 14.1. The van der Waals surface area contributed by atoms with E-state index < -0.39 is 17.3 Å². The van der Waals surface area contributed by atoms with Crippen LogP contribution in [0.1, 0.15) is 138 Å². The molecule has 2 N–H and O–H groups in total. The Bertz CT molecular complexity index is 1770. The minimum atomic E-state index is -0.808. The highest BCUT2D eigenvalue weighted by Gasteiger charge is 2.82. The van der Waals surface area contributed by atoms with Crippen molar-refractivity contribution < 1.29 is 24.2 Å². The van der Waals surface area contributed by atoms with Crippen LogP contribution in [0, 0.1) is 67.5 Å². The van der Waals surface area contributed by atoms with Gasteiger partial charge in [0.2, 0.25) is 0 Å². The van der Waals surface area contributed by atoms with Gasteiger partial charge >= 0.3 is 11.9 Å². The molecular weight excluding hydrogens is 694 g/mol. The molecule has 54 heavy (non-hydrogen) atoms. The second kappa shape index (κ2) is 12.7. The van der Waals surface area contributed by atoms with Crippen LogP contribution in [0.2, 0.25) is 5.02 Å². The molecule has 0 saturated heterocycles. The maximum Gasteiger partial charge on any atom is 0.309 e. The number of carbonyl (C=O) groups is 3. The zero-order valence-corrected chi connectivity index (χ0v) is 35.1. The van der Waals surface area contributed by atoms with Crippen LogP contribution in [0.3, 0.4) is 0 Å². The summed E-state index contributed by atoms with van der Waals surface area (Å²) in [7, 11) is 0. The third kappa shape index (κ3) is 5.15. The van der Waals surface area contributed by atoms with Gasteiger partial charge in [-0.15, -0.1) is 0 Å². The quantitative estimate of drug-likeness (QED) is 0.182. The Morgan fingerprint density at radius 3 is 2.24 bits per heavy atom. The summed E-state index contributed by atoms with van der Waals surface area (Å²) in [5, 5.41) is 14.2. The van der Waals surface area contributed by atoms with Crippen LogP contribution in [0.4, 0.5) is 0 Å². The van der Waals surface area contributed by atoms with E-state index in [0.29, 0.717) is 30.5 Å². The number of fused-ring (bicyclic) bond motifs is 6. The van der Waals surface area contributed by atoms with Gasteiger partial charge in [-0.1, -0.05) is 84.7 Å². The number of hydrogen-bond acceptors (Lipinski definition) is 5. The third-order valence-corrected chi connectivity index (χ3v) is 19.1. The lowest BCUT2D eigenvalue weighted by Gasteiger charge is -2.71. The Labute approximate surface area is 329 Å². The maximum atomic E-state index is 14.1. The highest BCUT2D eigenvalue weighted by Crippen LogP contribution is 2.87.